The van der Waals surface area contributed by atoms with Crippen molar-refractivity contribution in [3.63, 3.8) is 0 Å². The highest BCUT2D eigenvalue weighted by molar-refractivity contribution is 5.92. The summed E-state index contributed by atoms with van der Waals surface area (Å²) >= 11 is 0. The highest BCUT2D eigenvalue weighted by atomic mass is 16.5. The summed E-state index contributed by atoms with van der Waals surface area (Å²) in [5, 5.41) is 2.91. The molecule has 1 aromatic heterocycles. The van der Waals surface area contributed by atoms with Crippen LogP contribution >= 0.6 is 0 Å². The molecule has 34 heavy (non-hydrogen) atoms. The summed E-state index contributed by atoms with van der Waals surface area (Å²) in [5.41, 5.74) is 1.82. The zero-order chi connectivity index (χ0) is 23.9. The molecule has 7 nitrogen and oxygen atoms in total. The summed E-state index contributed by atoms with van der Waals surface area (Å²) in [5.74, 6) is 2.17. The number of carbonyl (C=O) groups is 2. The molecule has 178 valence electrons. The Kier molecular flexibility index (Phi) is 7.52. The second-order valence-corrected chi connectivity index (χ2v) is 8.58. The standard InChI is InChI=1S/C27H31N3O4/c1-20-8-13-25(34-20)18-29(17-16-21-6-4-3-5-7-21)26(31)19-30(23-11-12-23)27(32)28-22-9-14-24(33-2)15-10-22/h3-10,13-15,23H,11-12,16-19H2,1-2H3,(H,28,32). The van der Waals surface area contributed by atoms with Crippen LogP contribution in [0.3, 0.4) is 0 Å². The molecule has 1 N–H and O–H groups in total. The fraction of sp³-hybridized carbons (Fsp3) is 0.333. The van der Waals surface area contributed by atoms with Gasteiger partial charge in [0, 0.05) is 18.3 Å². The largest absolute Gasteiger partial charge is 0.497 e. The number of ether oxygens (including phenoxy) is 1. The molecule has 3 amide bonds. The van der Waals surface area contributed by atoms with E-state index in [-0.39, 0.29) is 24.5 Å². The Morgan fingerprint density at radius 2 is 1.76 bits per heavy atom. The van der Waals surface area contributed by atoms with E-state index >= 15 is 0 Å². The van der Waals surface area contributed by atoms with Crippen LogP contribution in [0, 0.1) is 6.92 Å². The number of nitrogens with one attached hydrogen (secondary N) is 1. The zero-order valence-electron chi connectivity index (χ0n) is 19.7. The van der Waals surface area contributed by atoms with Gasteiger partial charge in [-0.15, -0.1) is 0 Å². The van der Waals surface area contributed by atoms with Gasteiger partial charge in [0.15, 0.2) is 0 Å². The Bertz CT molecular complexity index is 1090. The number of methoxy groups -OCH3 is 1. The van der Waals surface area contributed by atoms with Gasteiger partial charge >= 0.3 is 6.03 Å². The lowest BCUT2D eigenvalue weighted by molar-refractivity contribution is -0.132. The number of hydrogen-bond acceptors (Lipinski definition) is 4. The summed E-state index contributed by atoms with van der Waals surface area (Å²) in [4.78, 5) is 29.9. The number of nitrogens with zero attached hydrogens (tertiary/aromatic N) is 2. The first-order valence-corrected chi connectivity index (χ1v) is 11.6. The van der Waals surface area contributed by atoms with Crippen molar-refractivity contribution in [1.29, 1.82) is 0 Å². The summed E-state index contributed by atoms with van der Waals surface area (Å²) in [6, 6.07) is 20.8. The normalized spacial score (nSPS) is 12.8. The number of aryl methyl sites for hydroxylation is 1. The average Bonchev–Trinajstić information content (AvgIpc) is 3.61. The Labute approximate surface area is 200 Å². The minimum atomic E-state index is -0.266. The van der Waals surface area contributed by atoms with Crippen molar-refractivity contribution in [2.45, 2.75) is 38.8 Å². The van der Waals surface area contributed by atoms with Crippen molar-refractivity contribution >= 4 is 17.6 Å². The third-order valence-corrected chi connectivity index (χ3v) is 5.90. The molecule has 0 spiro atoms. The molecule has 4 rings (SSSR count). The number of amides is 3. The molecule has 1 aliphatic rings. The first-order valence-electron chi connectivity index (χ1n) is 11.6. The van der Waals surface area contributed by atoms with E-state index in [1.807, 2.05) is 37.3 Å². The molecule has 0 radical (unpaired) electrons. The highest BCUT2D eigenvalue weighted by Crippen LogP contribution is 2.28. The first kappa shape index (κ1) is 23.4. The van der Waals surface area contributed by atoms with Crippen LogP contribution in [-0.2, 0) is 17.8 Å². The number of urea groups is 1. The van der Waals surface area contributed by atoms with Gasteiger partial charge in [0.25, 0.3) is 0 Å². The van der Waals surface area contributed by atoms with Crippen molar-refractivity contribution < 1.29 is 18.7 Å². The van der Waals surface area contributed by atoms with Gasteiger partial charge in [-0.05, 0) is 68.1 Å². The third kappa shape index (κ3) is 6.41. The molecule has 0 aliphatic heterocycles. The van der Waals surface area contributed by atoms with Gasteiger partial charge in [-0.1, -0.05) is 30.3 Å². The van der Waals surface area contributed by atoms with Crippen molar-refractivity contribution in [3.8, 4) is 5.75 Å². The van der Waals surface area contributed by atoms with Crippen LogP contribution in [-0.4, -0.2) is 48.0 Å². The van der Waals surface area contributed by atoms with E-state index in [4.69, 9.17) is 9.15 Å². The Hall–Kier alpha value is -3.74. The fourth-order valence-corrected chi connectivity index (χ4v) is 3.83. The highest BCUT2D eigenvalue weighted by Gasteiger charge is 2.35. The molecule has 0 bridgehead atoms. The summed E-state index contributed by atoms with van der Waals surface area (Å²) in [7, 11) is 1.60. The van der Waals surface area contributed by atoms with Gasteiger partial charge in [0.2, 0.25) is 5.91 Å². The molecule has 1 heterocycles. The monoisotopic (exact) mass is 461 g/mol. The van der Waals surface area contributed by atoms with E-state index in [9.17, 15) is 9.59 Å². The number of anilines is 1. The summed E-state index contributed by atoms with van der Waals surface area (Å²) in [6.07, 6.45) is 2.54. The molecule has 0 saturated heterocycles. The number of carbonyl (C=O) groups excluding carboxylic acids is 2. The van der Waals surface area contributed by atoms with Crippen LogP contribution in [0.15, 0.2) is 71.1 Å². The van der Waals surface area contributed by atoms with E-state index < -0.39 is 0 Å². The third-order valence-electron chi connectivity index (χ3n) is 5.90. The molecular formula is C27H31N3O4. The van der Waals surface area contributed by atoms with E-state index in [1.165, 1.54) is 0 Å². The molecule has 7 heteroatoms. The number of benzene rings is 2. The van der Waals surface area contributed by atoms with Crippen molar-refractivity contribution in [2.24, 2.45) is 0 Å². The predicted octanol–water partition coefficient (Wildman–Crippen LogP) is 4.86. The minimum Gasteiger partial charge on any atom is -0.497 e. The molecule has 1 saturated carbocycles. The molecule has 1 fully saturated rings. The van der Waals surface area contributed by atoms with Gasteiger partial charge in [0.1, 0.15) is 23.8 Å². The SMILES string of the molecule is COc1ccc(NC(=O)N(CC(=O)N(CCc2ccccc2)Cc2ccc(C)o2)C2CC2)cc1. The fourth-order valence-electron chi connectivity index (χ4n) is 3.83. The maximum absolute atomic E-state index is 13.4. The lowest BCUT2D eigenvalue weighted by Gasteiger charge is -2.27. The van der Waals surface area contributed by atoms with E-state index in [2.05, 4.69) is 17.4 Å². The summed E-state index contributed by atoms with van der Waals surface area (Å²) < 4.78 is 10.9. The Morgan fingerprint density at radius 3 is 2.38 bits per heavy atom. The van der Waals surface area contributed by atoms with Crippen molar-refractivity contribution in [1.82, 2.24) is 9.80 Å². The van der Waals surface area contributed by atoms with E-state index in [0.29, 0.717) is 18.8 Å². The minimum absolute atomic E-state index is 0.0289. The van der Waals surface area contributed by atoms with E-state index in [1.54, 1.807) is 41.2 Å². The van der Waals surface area contributed by atoms with Gasteiger partial charge in [-0.3, -0.25) is 4.79 Å². The van der Waals surface area contributed by atoms with Crippen molar-refractivity contribution in [3.05, 3.63) is 83.8 Å². The summed E-state index contributed by atoms with van der Waals surface area (Å²) in [6.45, 7) is 2.83. The van der Waals surface area contributed by atoms with Gasteiger partial charge in [-0.25, -0.2) is 4.79 Å². The molecule has 0 unspecified atom stereocenters. The molecular weight excluding hydrogens is 430 g/mol. The zero-order valence-corrected chi connectivity index (χ0v) is 19.7. The van der Waals surface area contributed by atoms with Crippen LogP contribution < -0.4 is 10.1 Å². The molecule has 1 aliphatic carbocycles. The van der Waals surface area contributed by atoms with Crippen LogP contribution in [0.2, 0.25) is 0 Å². The number of hydrogen-bond donors (Lipinski definition) is 1. The van der Waals surface area contributed by atoms with Gasteiger partial charge in [0.05, 0.1) is 13.7 Å². The topological polar surface area (TPSA) is 75.0 Å². The molecule has 2 aromatic carbocycles. The second kappa shape index (κ2) is 10.9. The lowest BCUT2D eigenvalue weighted by atomic mass is 10.1. The van der Waals surface area contributed by atoms with Crippen LogP contribution in [0.5, 0.6) is 5.75 Å². The Balaban J connectivity index is 1.43. The second-order valence-electron chi connectivity index (χ2n) is 8.58. The predicted molar refractivity (Wildman–Crippen MR) is 131 cm³/mol. The molecule has 0 atom stereocenters. The molecule has 3 aromatic rings. The number of rotatable bonds is 10. The van der Waals surface area contributed by atoms with Crippen molar-refractivity contribution in [2.75, 3.05) is 25.5 Å². The first-order chi connectivity index (χ1) is 16.5. The van der Waals surface area contributed by atoms with E-state index in [0.717, 1.165) is 42.1 Å². The Morgan fingerprint density at radius 1 is 1.03 bits per heavy atom. The smallest absolute Gasteiger partial charge is 0.322 e. The lowest BCUT2D eigenvalue weighted by Crippen LogP contribution is -2.45. The van der Waals surface area contributed by atoms with Crippen LogP contribution in [0.1, 0.15) is 29.9 Å². The van der Waals surface area contributed by atoms with Gasteiger partial charge in [-0.2, -0.15) is 0 Å². The maximum Gasteiger partial charge on any atom is 0.322 e. The maximum atomic E-state index is 13.4. The van der Waals surface area contributed by atoms with Crippen LogP contribution in [0.25, 0.3) is 0 Å². The van der Waals surface area contributed by atoms with Crippen LogP contribution in [0.4, 0.5) is 10.5 Å². The quantitative estimate of drug-likeness (QED) is 0.468. The average molecular weight is 462 g/mol. The van der Waals surface area contributed by atoms with Gasteiger partial charge < -0.3 is 24.3 Å². The number of furan rings is 1.